The molecule has 0 saturated carbocycles. The molecule has 4 nitrogen and oxygen atoms in total. The van der Waals surface area contributed by atoms with Crippen LogP contribution in [0.5, 0.6) is 0 Å². The number of halogens is 3. The number of anilines is 1. The van der Waals surface area contributed by atoms with Gasteiger partial charge in [0.2, 0.25) is 0 Å². The molecule has 0 bridgehead atoms. The van der Waals surface area contributed by atoms with Gasteiger partial charge in [0, 0.05) is 19.8 Å². The van der Waals surface area contributed by atoms with Gasteiger partial charge >= 0.3 is 0 Å². The van der Waals surface area contributed by atoms with Gasteiger partial charge in [-0.25, -0.2) is 4.39 Å². The summed E-state index contributed by atoms with van der Waals surface area (Å²) in [5.74, 6) is -0.469. The van der Waals surface area contributed by atoms with Crippen molar-refractivity contribution in [3.63, 3.8) is 0 Å². The first-order chi connectivity index (χ1) is 9.88. The minimum atomic E-state index is -0.469. The van der Waals surface area contributed by atoms with Gasteiger partial charge in [0.05, 0.1) is 28.5 Å². The molecule has 0 radical (unpaired) electrons. The lowest BCUT2D eigenvalue weighted by Crippen LogP contribution is -2.31. The Balaban J connectivity index is 2.04. The van der Waals surface area contributed by atoms with Crippen molar-refractivity contribution in [2.75, 3.05) is 12.4 Å². The highest BCUT2D eigenvalue weighted by Gasteiger charge is 2.12. The predicted molar refractivity (Wildman–Crippen MR) is 87.3 cm³/mol. The summed E-state index contributed by atoms with van der Waals surface area (Å²) in [5, 5.41) is 8.15. The van der Waals surface area contributed by atoms with Crippen LogP contribution in [0, 0.1) is 5.82 Å². The Morgan fingerprint density at radius 3 is 2.71 bits per heavy atom. The molecule has 0 aliphatic carbocycles. The average Bonchev–Trinajstić information content (AvgIpc) is 2.74. The molecule has 1 aromatic carbocycles. The fourth-order valence-corrected chi connectivity index (χ4v) is 2.29. The van der Waals surface area contributed by atoms with Crippen molar-refractivity contribution in [1.82, 2.24) is 14.7 Å². The first-order valence-corrected chi connectivity index (χ1v) is 7.18. The highest BCUT2D eigenvalue weighted by molar-refractivity contribution is 7.80. The van der Waals surface area contributed by atoms with Crippen LogP contribution in [0.15, 0.2) is 24.4 Å². The first-order valence-electron chi connectivity index (χ1n) is 6.02. The summed E-state index contributed by atoms with van der Waals surface area (Å²) in [6.07, 6.45) is 1.58. The topological polar surface area (TPSA) is 33.1 Å². The van der Waals surface area contributed by atoms with Gasteiger partial charge in [-0.3, -0.25) is 4.68 Å². The first kappa shape index (κ1) is 16.0. The molecule has 0 aliphatic heterocycles. The summed E-state index contributed by atoms with van der Waals surface area (Å²) in [6, 6.07) is 4.33. The number of aryl methyl sites for hydroxylation is 1. The quantitative estimate of drug-likeness (QED) is 0.859. The number of hydrogen-bond donors (Lipinski definition) is 1. The van der Waals surface area contributed by atoms with Crippen LogP contribution in [0.25, 0.3) is 0 Å². The van der Waals surface area contributed by atoms with Gasteiger partial charge in [-0.2, -0.15) is 5.10 Å². The summed E-state index contributed by atoms with van der Waals surface area (Å²) in [4.78, 5) is 1.80. The second-order valence-corrected chi connectivity index (χ2v) is 5.68. The SMILES string of the molecule is CN(Cc1c(Cl)cnn1C)C(=S)Nc1ccc(F)c(Cl)c1. The molecule has 0 fully saturated rings. The van der Waals surface area contributed by atoms with Crippen molar-refractivity contribution in [2.24, 2.45) is 7.05 Å². The molecule has 0 saturated heterocycles. The maximum absolute atomic E-state index is 13.1. The summed E-state index contributed by atoms with van der Waals surface area (Å²) in [7, 11) is 3.63. The van der Waals surface area contributed by atoms with Gasteiger partial charge in [0.25, 0.3) is 0 Å². The third-order valence-electron chi connectivity index (χ3n) is 2.92. The van der Waals surface area contributed by atoms with Crippen LogP contribution < -0.4 is 5.32 Å². The zero-order valence-electron chi connectivity index (χ0n) is 11.4. The van der Waals surface area contributed by atoms with Crippen LogP contribution in [0.2, 0.25) is 10.0 Å². The summed E-state index contributed by atoms with van der Waals surface area (Å²) >= 11 is 17.1. The second-order valence-electron chi connectivity index (χ2n) is 4.48. The number of nitrogens with zero attached hydrogens (tertiary/aromatic N) is 3. The Hall–Kier alpha value is -1.37. The highest BCUT2D eigenvalue weighted by atomic mass is 35.5. The van der Waals surface area contributed by atoms with Crippen molar-refractivity contribution in [3.05, 3.63) is 46.0 Å². The monoisotopic (exact) mass is 346 g/mol. The van der Waals surface area contributed by atoms with Crippen LogP contribution in [0.4, 0.5) is 10.1 Å². The standard InChI is InChI=1S/C13H13Cl2FN4S/c1-19(7-12-10(15)6-17-20(12)2)13(21)18-8-3-4-11(16)9(14)5-8/h3-6H,7H2,1-2H3,(H,18,21). The Labute approximate surface area is 137 Å². The van der Waals surface area contributed by atoms with Crippen molar-refractivity contribution in [3.8, 4) is 0 Å². The molecule has 0 unspecified atom stereocenters. The molecule has 2 rings (SSSR count). The third-order valence-corrected chi connectivity index (χ3v) is 3.93. The normalized spacial score (nSPS) is 10.5. The second kappa shape index (κ2) is 6.60. The smallest absolute Gasteiger partial charge is 0.173 e. The minimum Gasteiger partial charge on any atom is -0.346 e. The Kier molecular flexibility index (Phi) is 5.03. The molecule has 1 N–H and O–H groups in total. The molecule has 0 spiro atoms. The number of aromatic nitrogens is 2. The molecule has 0 aliphatic rings. The lowest BCUT2D eigenvalue weighted by atomic mass is 10.3. The van der Waals surface area contributed by atoms with E-state index in [1.165, 1.54) is 12.1 Å². The van der Waals surface area contributed by atoms with E-state index in [1.807, 2.05) is 14.1 Å². The predicted octanol–water partition coefficient (Wildman–Crippen LogP) is 3.69. The van der Waals surface area contributed by atoms with E-state index in [1.54, 1.807) is 21.8 Å². The fourth-order valence-electron chi connectivity index (χ4n) is 1.70. The van der Waals surface area contributed by atoms with E-state index < -0.39 is 5.82 Å². The lowest BCUT2D eigenvalue weighted by molar-refractivity contribution is 0.482. The van der Waals surface area contributed by atoms with Gasteiger partial charge in [0.15, 0.2) is 5.11 Å². The van der Waals surface area contributed by atoms with Gasteiger partial charge in [-0.1, -0.05) is 23.2 Å². The molecule has 1 heterocycles. The molecule has 112 valence electrons. The third kappa shape index (κ3) is 3.84. The molecule has 8 heteroatoms. The van der Waals surface area contributed by atoms with Gasteiger partial charge in [-0.05, 0) is 30.4 Å². The molecule has 2 aromatic rings. The highest BCUT2D eigenvalue weighted by Crippen LogP contribution is 2.20. The number of benzene rings is 1. The average molecular weight is 347 g/mol. The summed E-state index contributed by atoms with van der Waals surface area (Å²) in [5.41, 5.74) is 1.47. The van der Waals surface area contributed by atoms with E-state index in [9.17, 15) is 4.39 Å². The summed E-state index contributed by atoms with van der Waals surface area (Å²) < 4.78 is 14.8. The Morgan fingerprint density at radius 2 is 2.14 bits per heavy atom. The van der Waals surface area contributed by atoms with Crippen molar-refractivity contribution >= 4 is 46.2 Å². The van der Waals surface area contributed by atoms with Crippen LogP contribution in [0.3, 0.4) is 0 Å². The van der Waals surface area contributed by atoms with E-state index >= 15 is 0 Å². The molecular weight excluding hydrogens is 334 g/mol. The van der Waals surface area contributed by atoms with Crippen molar-refractivity contribution < 1.29 is 4.39 Å². The fraction of sp³-hybridized carbons (Fsp3) is 0.231. The van der Waals surface area contributed by atoms with Gasteiger partial charge < -0.3 is 10.2 Å². The molecule has 0 atom stereocenters. The van der Waals surface area contributed by atoms with Crippen LogP contribution in [-0.4, -0.2) is 26.8 Å². The maximum Gasteiger partial charge on any atom is 0.173 e. The van der Waals surface area contributed by atoms with E-state index in [4.69, 9.17) is 35.4 Å². The Morgan fingerprint density at radius 1 is 1.43 bits per heavy atom. The zero-order chi connectivity index (χ0) is 15.6. The Bertz CT molecular complexity index is 655. The number of nitrogens with one attached hydrogen (secondary N) is 1. The minimum absolute atomic E-state index is 0.0418. The number of thiocarbonyl (C=S) groups is 1. The van der Waals surface area contributed by atoms with E-state index in [2.05, 4.69) is 10.4 Å². The number of rotatable bonds is 3. The van der Waals surface area contributed by atoms with Gasteiger partial charge in [-0.15, -0.1) is 0 Å². The largest absolute Gasteiger partial charge is 0.346 e. The zero-order valence-corrected chi connectivity index (χ0v) is 13.7. The molecular formula is C13H13Cl2FN4S. The molecule has 21 heavy (non-hydrogen) atoms. The van der Waals surface area contributed by atoms with Crippen molar-refractivity contribution in [1.29, 1.82) is 0 Å². The van der Waals surface area contributed by atoms with E-state index in [0.717, 1.165) is 5.69 Å². The maximum atomic E-state index is 13.1. The van der Waals surface area contributed by atoms with Crippen LogP contribution >= 0.6 is 35.4 Å². The lowest BCUT2D eigenvalue weighted by Gasteiger charge is -2.21. The molecule has 0 amide bonds. The van der Waals surface area contributed by atoms with Crippen molar-refractivity contribution in [2.45, 2.75) is 6.54 Å². The summed E-state index contributed by atoms with van der Waals surface area (Å²) in [6.45, 7) is 0.496. The van der Waals surface area contributed by atoms with Crippen LogP contribution in [-0.2, 0) is 13.6 Å². The van der Waals surface area contributed by atoms with E-state index in [0.29, 0.717) is 22.4 Å². The van der Waals surface area contributed by atoms with Crippen LogP contribution in [0.1, 0.15) is 5.69 Å². The number of hydrogen-bond acceptors (Lipinski definition) is 2. The molecule has 1 aromatic heterocycles. The van der Waals surface area contributed by atoms with E-state index in [-0.39, 0.29) is 5.02 Å². The van der Waals surface area contributed by atoms with Gasteiger partial charge in [0.1, 0.15) is 5.82 Å².